The highest BCUT2D eigenvalue weighted by Crippen LogP contribution is 2.41. The minimum absolute atomic E-state index is 0.0583. The monoisotopic (exact) mass is 296 g/mol. The Bertz CT molecular complexity index is 344. The van der Waals surface area contributed by atoms with Crippen molar-refractivity contribution in [2.45, 2.75) is 57.9 Å². The van der Waals surface area contributed by atoms with E-state index in [1.54, 1.807) is 0 Å². The van der Waals surface area contributed by atoms with Crippen molar-refractivity contribution in [2.75, 3.05) is 33.3 Å². The van der Waals surface area contributed by atoms with Gasteiger partial charge in [-0.3, -0.25) is 0 Å². The average molecular weight is 296 g/mol. The third-order valence-corrected chi connectivity index (χ3v) is 5.17. The fraction of sp³-hybridized carbons (Fsp3) is 0.941. The SMILES string of the molecule is CCCNC(CN1CCCC(CC)C1)(C(=O)OC)C1CC1. The van der Waals surface area contributed by atoms with Crippen LogP contribution in [0.25, 0.3) is 0 Å². The van der Waals surface area contributed by atoms with Crippen LogP contribution in [-0.2, 0) is 9.53 Å². The van der Waals surface area contributed by atoms with Crippen molar-refractivity contribution in [3.05, 3.63) is 0 Å². The van der Waals surface area contributed by atoms with Crippen LogP contribution < -0.4 is 5.32 Å². The molecule has 122 valence electrons. The number of esters is 1. The molecular weight excluding hydrogens is 264 g/mol. The predicted octanol–water partition coefficient (Wildman–Crippen LogP) is 2.43. The highest BCUT2D eigenvalue weighted by atomic mass is 16.5. The number of rotatable bonds is 8. The van der Waals surface area contributed by atoms with Gasteiger partial charge in [0.25, 0.3) is 0 Å². The number of nitrogens with zero attached hydrogens (tertiary/aromatic N) is 1. The first-order valence-corrected chi connectivity index (χ1v) is 8.72. The molecule has 1 aliphatic heterocycles. The maximum absolute atomic E-state index is 12.5. The van der Waals surface area contributed by atoms with E-state index in [1.807, 2.05) is 0 Å². The summed E-state index contributed by atoms with van der Waals surface area (Å²) in [7, 11) is 1.53. The number of piperidine rings is 1. The molecular formula is C17H32N2O2. The Morgan fingerprint density at radius 3 is 2.67 bits per heavy atom. The molecule has 2 fully saturated rings. The summed E-state index contributed by atoms with van der Waals surface area (Å²) in [6.07, 6.45) is 7.18. The van der Waals surface area contributed by atoms with Crippen molar-refractivity contribution >= 4 is 5.97 Å². The van der Waals surface area contributed by atoms with E-state index >= 15 is 0 Å². The summed E-state index contributed by atoms with van der Waals surface area (Å²) in [5.74, 6) is 1.19. The van der Waals surface area contributed by atoms with Gasteiger partial charge in [0.15, 0.2) is 0 Å². The van der Waals surface area contributed by atoms with Crippen LogP contribution in [0, 0.1) is 11.8 Å². The first kappa shape index (κ1) is 16.8. The maximum atomic E-state index is 12.5. The molecule has 4 nitrogen and oxygen atoms in total. The molecule has 4 heteroatoms. The van der Waals surface area contributed by atoms with E-state index in [4.69, 9.17) is 4.74 Å². The minimum atomic E-state index is -0.472. The number of likely N-dealkylation sites (tertiary alicyclic amines) is 1. The van der Waals surface area contributed by atoms with E-state index in [-0.39, 0.29) is 5.97 Å². The number of hydrogen-bond acceptors (Lipinski definition) is 4. The lowest BCUT2D eigenvalue weighted by molar-refractivity contribution is -0.151. The lowest BCUT2D eigenvalue weighted by Gasteiger charge is -2.40. The van der Waals surface area contributed by atoms with Crippen molar-refractivity contribution in [3.63, 3.8) is 0 Å². The molecule has 0 bridgehead atoms. The van der Waals surface area contributed by atoms with Crippen LogP contribution in [-0.4, -0.2) is 49.7 Å². The molecule has 0 amide bonds. The molecule has 0 aromatic rings. The van der Waals surface area contributed by atoms with E-state index in [0.29, 0.717) is 5.92 Å². The number of carbonyl (C=O) groups excluding carboxylic acids is 1. The third-order valence-electron chi connectivity index (χ3n) is 5.17. The van der Waals surface area contributed by atoms with Crippen LogP contribution in [0.3, 0.4) is 0 Å². The van der Waals surface area contributed by atoms with Crippen molar-refractivity contribution in [1.82, 2.24) is 10.2 Å². The maximum Gasteiger partial charge on any atom is 0.327 e. The van der Waals surface area contributed by atoms with E-state index in [0.717, 1.165) is 51.4 Å². The zero-order valence-electron chi connectivity index (χ0n) is 14.0. The first-order chi connectivity index (χ1) is 10.2. The summed E-state index contributed by atoms with van der Waals surface area (Å²) in [6.45, 7) is 8.39. The lowest BCUT2D eigenvalue weighted by atomic mass is 9.89. The largest absolute Gasteiger partial charge is 0.468 e. The van der Waals surface area contributed by atoms with Crippen LogP contribution in [0.1, 0.15) is 52.4 Å². The van der Waals surface area contributed by atoms with E-state index in [2.05, 4.69) is 24.1 Å². The van der Waals surface area contributed by atoms with Gasteiger partial charge in [-0.2, -0.15) is 0 Å². The van der Waals surface area contributed by atoms with Crippen LogP contribution in [0.5, 0.6) is 0 Å². The quantitative estimate of drug-likeness (QED) is 0.699. The second-order valence-corrected chi connectivity index (χ2v) is 6.82. The summed E-state index contributed by atoms with van der Waals surface area (Å²) < 4.78 is 5.18. The molecule has 21 heavy (non-hydrogen) atoms. The van der Waals surface area contributed by atoms with Gasteiger partial charge in [-0.25, -0.2) is 4.79 Å². The van der Waals surface area contributed by atoms with Crippen LogP contribution in [0.2, 0.25) is 0 Å². The normalized spacial score (nSPS) is 26.3. The highest BCUT2D eigenvalue weighted by molar-refractivity contribution is 5.82. The van der Waals surface area contributed by atoms with Crippen molar-refractivity contribution in [3.8, 4) is 0 Å². The molecule has 1 saturated heterocycles. The van der Waals surface area contributed by atoms with E-state index < -0.39 is 5.54 Å². The summed E-state index contributed by atoms with van der Waals surface area (Å²) in [6, 6.07) is 0. The van der Waals surface area contributed by atoms with Gasteiger partial charge in [0.2, 0.25) is 0 Å². The van der Waals surface area contributed by atoms with E-state index in [9.17, 15) is 4.79 Å². The van der Waals surface area contributed by atoms with Gasteiger partial charge in [-0.05, 0) is 57.0 Å². The van der Waals surface area contributed by atoms with E-state index in [1.165, 1.54) is 26.4 Å². The van der Waals surface area contributed by atoms with Crippen LogP contribution in [0.15, 0.2) is 0 Å². The molecule has 1 aliphatic carbocycles. The zero-order chi connectivity index (χ0) is 15.3. The second-order valence-electron chi connectivity index (χ2n) is 6.82. The first-order valence-electron chi connectivity index (χ1n) is 8.72. The second kappa shape index (κ2) is 7.59. The van der Waals surface area contributed by atoms with Gasteiger partial charge < -0.3 is 15.0 Å². The molecule has 1 N–H and O–H groups in total. The average Bonchev–Trinajstić information content (AvgIpc) is 3.36. The fourth-order valence-corrected chi connectivity index (χ4v) is 3.72. The van der Waals surface area contributed by atoms with Gasteiger partial charge >= 0.3 is 5.97 Å². The molecule has 1 heterocycles. The molecule has 2 aliphatic rings. The number of carbonyl (C=O) groups is 1. The zero-order valence-corrected chi connectivity index (χ0v) is 14.0. The Kier molecular flexibility index (Phi) is 6.06. The van der Waals surface area contributed by atoms with Crippen LogP contribution >= 0.6 is 0 Å². The topological polar surface area (TPSA) is 41.6 Å². The summed E-state index contributed by atoms with van der Waals surface area (Å²) in [5.41, 5.74) is -0.472. The van der Waals surface area contributed by atoms with Gasteiger partial charge in [-0.1, -0.05) is 20.3 Å². The molecule has 2 rings (SSSR count). The lowest BCUT2D eigenvalue weighted by Crippen LogP contribution is -2.62. The van der Waals surface area contributed by atoms with Crippen LogP contribution in [0.4, 0.5) is 0 Å². The number of hydrogen-bond donors (Lipinski definition) is 1. The summed E-state index contributed by atoms with van der Waals surface area (Å²) >= 11 is 0. The number of nitrogens with one attached hydrogen (secondary N) is 1. The fourth-order valence-electron chi connectivity index (χ4n) is 3.72. The van der Waals surface area contributed by atoms with Crippen molar-refractivity contribution in [2.24, 2.45) is 11.8 Å². The Labute approximate surface area is 129 Å². The smallest absolute Gasteiger partial charge is 0.327 e. The number of ether oxygens (including phenoxy) is 1. The third kappa shape index (κ3) is 3.98. The van der Waals surface area contributed by atoms with Gasteiger partial charge in [0.05, 0.1) is 7.11 Å². The van der Waals surface area contributed by atoms with Crippen molar-refractivity contribution < 1.29 is 9.53 Å². The Morgan fingerprint density at radius 2 is 2.10 bits per heavy atom. The number of methoxy groups -OCH3 is 1. The standard InChI is InChI=1S/C17H32N2O2/c1-4-10-18-17(15-8-9-15,16(20)21-3)13-19-11-6-7-14(5-2)12-19/h14-15,18H,4-13H2,1-3H3. The molecule has 0 radical (unpaired) electrons. The Balaban J connectivity index is 2.08. The Morgan fingerprint density at radius 1 is 1.33 bits per heavy atom. The molecule has 2 unspecified atom stereocenters. The van der Waals surface area contributed by atoms with Crippen molar-refractivity contribution in [1.29, 1.82) is 0 Å². The minimum Gasteiger partial charge on any atom is -0.468 e. The Hall–Kier alpha value is -0.610. The van der Waals surface area contributed by atoms with Gasteiger partial charge in [-0.15, -0.1) is 0 Å². The molecule has 0 spiro atoms. The summed E-state index contributed by atoms with van der Waals surface area (Å²) in [5, 5.41) is 3.56. The molecule has 0 aromatic carbocycles. The molecule has 1 saturated carbocycles. The van der Waals surface area contributed by atoms with Gasteiger partial charge in [0.1, 0.15) is 5.54 Å². The summed E-state index contributed by atoms with van der Waals surface area (Å²) in [4.78, 5) is 15.0. The predicted molar refractivity (Wildman–Crippen MR) is 85.2 cm³/mol. The molecule has 2 atom stereocenters. The highest BCUT2D eigenvalue weighted by Gasteiger charge is 2.52. The van der Waals surface area contributed by atoms with Gasteiger partial charge in [0, 0.05) is 13.1 Å². The molecule has 0 aromatic heterocycles.